The third-order valence-corrected chi connectivity index (χ3v) is 5.92. The maximum atomic E-state index is 12.8. The van der Waals surface area contributed by atoms with E-state index in [4.69, 9.17) is 32.7 Å². The van der Waals surface area contributed by atoms with E-state index >= 15 is 0 Å². The Bertz CT molecular complexity index is 935. The molecule has 2 aromatic carbocycles. The number of amides is 2. The molecule has 0 spiro atoms. The van der Waals surface area contributed by atoms with Crippen LogP contribution >= 0.6 is 23.2 Å². The van der Waals surface area contributed by atoms with Gasteiger partial charge in [0.2, 0.25) is 5.91 Å². The van der Waals surface area contributed by atoms with Crippen molar-refractivity contribution in [1.29, 1.82) is 0 Å². The molecule has 2 aromatic rings. The number of rotatable bonds is 6. The summed E-state index contributed by atoms with van der Waals surface area (Å²) in [6, 6.07) is 10.3. The number of methoxy groups -OCH3 is 2. The SMILES string of the molecule is COc1cccc(CNC(=O)C2CCCN(C(=O)c3ccc(Cl)c(Cl)c3)C2)c1OC. The summed E-state index contributed by atoms with van der Waals surface area (Å²) in [5.74, 6) is 0.690. The number of hydrogen-bond acceptors (Lipinski definition) is 4. The summed E-state index contributed by atoms with van der Waals surface area (Å²) in [7, 11) is 3.14. The van der Waals surface area contributed by atoms with Crippen molar-refractivity contribution in [1.82, 2.24) is 10.2 Å². The van der Waals surface area contributed by atoms with Crippen LogP contribution in [0.5, 0.6) is 11.5 Å². The zero-order chi connectivity index (χ0) is 21.7. The largest absolute Gasteiger partial charge is 0.493 e. The number of halogens is 2. The van der Waals surface area contributed by atoms with Gasteiger partial charge >= 0.3 is 0 Å². The van der Waals surface area contributed by atoms with Crippen molar-refractivity contribution in [3.63, 3.8) is 0 Å². The van der Waals surface area contributed by atoms with Crippen LogP contribution in [0.2, 0.25) is 10.0 Å². The van der Waals surface area contributed by atoms with Crippen LogP contribution < -0.4 is 14.8 Å². The summed E-state index contributed by atoms with van der Waals surface area (Å²) < 4.78 is 10.7. The molecule has 160 valence electrons. The molecule has 3 rings (SSSR count). The summed E-state index contributed by atoms with van der Waals surface area (Å²) in [4.78, 5) is 27.3. The molecule has 0 bridgehead atoms. The van der Waals surface area contributed by atoms with Gasteiger partial charge in [-0.1, -0.05) is 35.3 Å². The van der Waals surface area contributed by atoms with Crippen LogP contribution in [-0.4, -0.2) is 44.0 Å². The average Bonchev–Trinajstić information content (AvgIpc) is 2.78. The number of nitrogens with zero attached hydrogens (tertiary/aromatic N) is 1. The molecular formula is C22H24Cl2N2O4. The van der Waals surface area contributed by atoms with Crippen molar-refractivity contribution < 1.29 is 19.1 Å². The molecule has 2 amide bonds. The number of para-hydroxylation sites is 1. The van der Waals surface area contributed by atoms with E-state index in [0.717, 1.165) is 18.4 Å². The van der Waals surface area contributed by atoms with E-state index in [0.29, 0.717) is 46.7 Å². The second kappa shape index (κ2) is 10.0. The van der Waals surface area contributed by atoms with E-state index in [2.05, 4.69) is 5.32 Å². The van der Waals surface area contributed by atoms with Crippen LogP contribution in [0.3, 0.4) is 0 Å². The van der Waals surface area contributed by atoms with Gasteiger partial charge in [0.15, 0.2) is 11.5 Å². The molecule has 0 radical (unpaired) electrons. The van der Waals surface area contributed by atoms with E-state index in [1.165, 1.54) is 0 Å². The summed E-state index contributed by atoms with van der Waals surface area (Å²) in [5, 5.41) is 3.69. The van der Waals surface area contributed by atoms with Gasteiger partial charge in [-0.05, 0) is 37.1 Å². The molecule has 6 nitrogen and oxygen atoms in total. The highest BCUT2D eigenvalue weighted by atomic mass is 35.5. The van der Waals surface area contributed by atoms with E-state index in [1.54, 1.807) is 43.4 Å². The van der Waals surface area contributed by atoms with Gasteiger partial charge in [0.05, 0.1) is 30.2 Å². The molecule has 0 aromatic heterocycles. The van der Waals surface area contributed by atoms with Crippen LogP contribution in [0.4, 0.5) is 0 Å². The molecule has 30 heavy (non-hydrogen) atoms. The van der Waals surface area contributed by atoms with E-state index < -0.39 is 0 Å². The zero-order valence-electron chi connectivity index (χ0n) is 16.9. The van der Waals surface area contributed by atoms with Gasteiger partial charge in [0.1, 0.15) is 0 Å². The Morgan fingerprint density at radius 1 is 1.13 bits per heavy atom. The Morgan fingerprint density at radius 2 is 1.93 bits per heavy atom. The van der Waals surface area contributed by atoms with Crippen molar-refractivity contribution in [2.75, 3.05) is 27.3 Å². The van der Waals surface area contributed by atoms with Gasteiger partial charge in [-0.2, -0.15) is 0 Å². The maximum absolute atomic E-state index is 12.8. The van der Waals surface area contributed by atoms with Gasteiger partial charge in [0, 0.05) is 30.8 Å². The summed E-state index contributed by atoms with van der Waals surface area (Å²) in [5.41, 5.74) is 1.29. The quantitative estimate of drug-likeness (QED) is 0.716. The second-order valence-corrected chi connectivity index (χ2v) is 7.90. The molecule has 1 fully saturated rings. The minimum atomic E-state index is -0.276. The number of carbonyl (C=O) groups is 2. The number of nitrogens with one attached hydrogen (secondary N) is 1. The number of ether oxygens (including phenoxy) is 2. The lowest BCUT2D eigenvalue weighted by Gasteiger charge is -2.32. The first kappa shape index (κ1) is 22.2. The van der Waals surface area contributed by atoms with Gasteiger partial charge in [-0.25, -0.2) is 0 Å². The van der Waals surface area contributed by atoms with Crippen LogP contribution in [0.1, 0.15) is 28.8 Å². The molecule has 1 heterocycles. The smallest absolute Gasteiger partial charge is 0.253 e. The second-order valence-electron chi connectivity index (χ2n) is 7.09. The Hall–Kier alpha value is -2.44. The first-order chi connectivity index (χ1) is 14.4. The Kier molecular flexibility index (Phi) is 7.45. The predicted molar refractivity (Wildman–Crippen MR) is 116 cm³/mol. The van der Waals surface area contributed by atoms with Gasteiger partial charge in [-0.15, -0.1) is 0 Å². The molecular weight excluding hydrogens is 427 g/mol. The molecule has 1 saturated heterocycles. The topological polar surface area (TPSA) is 67.9 Å². The van der Waals surface area contributed by atoms with Crippen LogP contribution in [-0.2, 0) is 11.3 Å². The lowest BCUT2D eigenvalue weighted by atomic mass is 9.96. The summed E-state index contributed by atoms with van der Waals surface area (Å²) in [6.45, 7) is 1.28. The number of piperidine rings is 1. The van der Waals surface area contributed by atoms with Crippen LogP contribution in [0, 0.1) is 5.92 Å². The fraction of sp³-hybridized carbons (Fsp3) is 0.364. The molecule has 1 aliphatic rings. The first-order valence-corrected chi connectivity index (χ1v) is 10.4. The minimum absolute atomic E-state index is 0.0912. The third kappa shape index (κ3) is 4.99. The fourth-order valence-electron chi connectivity index (χ4n) is 3.61. The molecule has 8 heteroatoms. The molecule has 1 aliphatic heterocycles. The Balaban J connectivity index is 1.63. The van der Waals surface area contributed by atoms with Crippen molar-refractivity contribution in [3.05, 3.63) is 57.6 Å². The summed E-state index contributed by atoms with van der Waals surface area (Å²) >= 11 is 12.0. The lowest BCUT2D eigenvalue weighted by molar-refractivity contribution is -0.126. The van der Waals surface area contributed by atoms with Gasteiger partial charge in [0.25, 0.3) is 5.91 Å². The number of likely N-dealkylation sites (tertiary alicyclic amines) is 1. The molecule has 1 atom stereocenters. The monoisotopic (exact) mass is 450 g/mol. The van der Waals surface area contributed by atoms with Crippen LogP contribution in [0.25, 0.3) is 0 Å². The summed E-state index contributed by atoms with van der Waals surface area (Å²) in [6.07, 6.45) is 1.49. The van der Waals surface area contributed by atoms with Crippen molar-refractivity contribution in [3.8, 4) is 11.5 Å². The standard InChI is InChI=1S/C22H24Cl2N2O4/c1-29-19-7-3-5-15(20(19)30-2)12-25-21(27)16-6-4-10-26(13-16)22(28)14-8-9-17(23)18(24)11-14/h3,5,7-9,11,16H,4,6,10,12-13H2,1-2H3,(H,25,27). The van der Waals surface area contributed by atoms with E-state index in [9.17, 15) is 9.59 Å². The normalized spacial score (nSPS) is 16.1. The zero-order valence-corrected chi connectivity index (χ0v) is 18.4. The van der Waals surface area contributed by atoms with Gasteiger partial charge < -0.3 is 19.7 Å². The third-order valence-electron chi connectivity index (χ3n) is 5.18. The first-order valence-electron chi connectivity index (χ1n) is 9.66. The Morgan fingerprint density at radius 3 is 2.63 bits per heavy atom. The van der Waals surface area contributed by atoms with Crippen molar-refractivity contribution in [2.24, 2.45) is 5.92 Å². The lowest BCUT2D eigenvalue weighted by Crippen LogP contribution is -2.45. The predicted octanol–water partition coefficient (Wildman–Crippen LogP) is 4.18. The number of hydrogen-bond donors (Lipinski definition) is 1. The van der Waals surface area contributed by atoms with Gasteiger partial charge in [-0.3, -0.25) is 9.59 Å². The fourth-order valence-corrected chi connectivity index (χ4v) is 3.91. The number of carbonyl (C=O) groups excluding carboxylic acids is 2. The van der Waals surface area contributed by atoms with Crippen molar-refractivity contribution >= 4 is 35.0 Å². The van der Waals surface area contributed by atoms with E-state index in [1.807, 2.05) is 12.1 Å². The van der Waals surface area contributed by atoms with Crippen molar-refractivity contribution in [2.45, 2.75) is 19.4 Å². The highest BCUT2D eigenvalue weighted by Gasteiger charge is 2.29. The highest BCUT2D eigenvalue weighted by Crippen LogP contribution is 2.31. The molecule has 0 aliphatic carbocycles. The molecule has 0 saturated carbocycles. The Labute approximate surface area is 186 Å². The van der Waals surface area contributed by atoms with Crippen LogP contribution in [0.15, 0.2) is 36.4 Å². The van der Waals surface area contributed by atoms with E-state index in [-0.39, 0.29) is 17.7 Å². The minimum Gasteiger partial charge on any atom is -0.493 e. The maximum Gasteiger partial charge on any atom is 0.253 e. The number of benzene rings is 2. The molecule has 1 unspecified atom stereocenters. The highest BCUT2D eigenvalue weighted by molar-refractivity contribution is 6.42. The average molecular weight is 451 g/mol. The molecule has 1 N–H and O–H groups in total.